The van der Waals surface area contributed by atoms with E-state index in [9.17, 15) is 74.1 Å². The number of hydrogen-bond acceptors (Lipinski definition) is 17. The fraction of sp³-hybridized carbons (Fsp3) is 0.480. The fourth-order valence-corrected chi connectivity index (χ4v) is 9.06. The largest absolute Gasteiger partial charge is 0.504 e. The maximum atomic E-state index is 14.6. The lowest BCUT2D eigenvalue weighted by atomic mass is 9.98. The number of aliphatic hydroxyl groups excluding tert-OH is 6. The van der Waals surface area contributed by atoms with Crippen molar-refractivity contribution in [3.63, 3.8) is 0 Å². The maximum Gasteiger partial charge on any atom is 0.408 e. The summed E-state index contributed by atoms with van der Waals surface area (Å²) < 4.78 is 11.0. The van der Waals surface area contributed by atoms with Crippen molar-refractivity contribution in [2.24, 2.45) is 11.7 Å². The van der Waals surface area contributed by atoms with Gasteiger partial charge in [0.1, 0.15) is 49.5 Å². The van der Waals surface area contributed by atoms with Crippen LogP contribution < -0.4 is 37.1 Å². The van der Waals surface area contributed by atoms with Crippen LogP contribution in [0.3, 0.4) is 0 Å². The highest BCUT2D eigenvalue weighted by Crippen LogP contribution is 2.30. The number of β-amino-alcohol motifs (C(OH)–C–C–N with tert-alkyl or cyclic N) is 1. The molecule has 0 saturated carbocycles. The number of ether oxygens (including phenoxy) is 2. The number of phenolic OH excluding ortho intramolecular Hbond substituents is 1. The monoisotopic (exact) mass is 1050 g/mol. The van der Waals surface area contributed by atoms with Crippen LogP contribution in [0, 0.1) is 5.92 Å². The number of aliphatic hydroxyl groups is 6. The molecule has 6 rings (SSSR count). The molecular weight excluding hydrogens is 985 g/mol. The van der Waals surface area contributed by atoms with E-state index in [0.29, 0.717) is 5.56 Å². The molecule has 0 spiro atoms. The number of primary amides is 1. The van der Waals surface area contributed by atoms with Gasteiger partial charge in [-0.15, -0.1) is 0 Å². The Morgan fingerprint density at radius 1 is 0.720 bits per heavy atom. The van der Waals surface area contributed by atoms with Crippen molar-refractivity contribution in [2.45, 2.75) is 126 Å². The number of phenols is 1. The predicted molar refractivity (Wildman–Crippen MR) is 260 cm³/mol. The minimum atomic E-state index is -2.17. The lowest BCUT2D eigenvalue weighted by Gasteiger charge is -2.33. The van der Waals surface area contributed by atoms with Gasteiger partial charge < -0.3 is 87.3 Å². The molecule has 0 radical (unpaired) electrons. The van der Waals surface area contributed by atoms with E-state index in [-0.39, 0.29) is 36.8 Å². The summed E-state index contributed by atoms with van der Waals surface area (Å²) in [5.74, 6) is -9.47. The molecule has 406 valence electrons. The van der Waals surface area contributed by atoms with Crippen molar-refractivity contribution in [3.05, 3.63) is 95.6 Å². The van der Waals surface area contributed by atoms with Crippen molar-refractivity contribution in [1.29, 1.82) is 0 Å². The minimum Gasteiger partial charge on any atom is -0.504 e. The van der Waals surface area contributed by atoms with Crippen LogP contribution in [0.2, 0.25) is 0 Å². The van der Waals surface area contributed by atoms with Gasteiger partial charge in [0.15, 0.2) is 11.5 Å². The number of benzene rings is 3. The molecule has 0 aliphatic carbocycles. The summed E-state index contributed by atoms with van der Waals surface area (Å²) in [7, 11) is 0. The van der Waals surface area contributed by atoms with E-state index in [1.54, 1.807) is 54.6 Å². The first-order chi connectivity index (χ1) is 35.6. The number of nitrogens with zero attached hydrogens (tertiary/aromatic N) is 2. The Kier molecular flexibility index (Phi) is 19.5. The van der Waals surface area contributed by atoms with Gasteiger partial charge in [0.25, 0.3) is 0 Å². The SMILES string of the molecule is C[C@@H](O)[C@@H]1NC(=O)C(NC(=O)OCc2ccccc2)C[C@@H](O)CNC(=O)[C@@H]2[C@@H](O)[C@@H](C)CN2C(=O)[C@H]([C@H](O)CC(N)=O)NC(=O)[C@H]([C@H](O)Cc2ccc(OCc3ccccc3)c(O)c2)NC(=O)[C@@H]2C[C@@H](O)CN2C1=O. The zero-order valence-corrected chi connectivity index (χ0v) is 41.1. The van der Waals surface area contributed by atoms with Crippen LogP contribution in [-0.4, -0.2) is 185 Å². The van der Waals surface area contributed by atoms with Crippen molar-refractivity contribution in [1.82, 2.24) is 36.4 Å². The molecule has 0 aromatic heterocycles. The summed E-state index contributed by atoms with van der Waals surface area (Å²) in [5, 5.41) is 90.1. The summed E-state index contributed by atoms with van der Waals surface area (Å²) in [6, 6.07) is 10.1. The Hall–Kier alpha value is -7.42. The van der Waals surface area contributed by atoms with E-state index >= 15 is 0 Å². The number of nitrogens with two attached hydrogens (primary N) is 1. The highest BCUT2D eigenvalue weighted by molar-refractivity contribution is 5.98. The maximum absolute atomic E-state index is 14.6. The van der Waals surface area contributed by atoms with Gasteiger partial charge in [-0.25, -0.2) is 4.79 Å². The molecule has 3 aliphatic heterocycles. The van der Waals surface area contributed by atoms with E-state index < -0.39 is 165 Å². The van der Waals surface area contributed by atoms with Gasteiger partial charge >= 0.3 is 6.09 Å². The molecule has 0 bridgehead atoms. The van der Waals surface area contributed by atoms with Gasteiger partial charge in [0, 0.05) is 44.8 Å². The van der Waals surface area contributed by atoms with Gasteiger partial charge in [-0.05, 0) is 35.7 Å². The summed E-state index contributed by atoms with van der Waals surface area (Å²) >= 11 is 0. The van der Waals surface area contributed by atoms with Gasteiger partial charge in [-0.1, -0.05) is 73.7 Å². The molecule has 25 heteroatoms. The Morgan fingerprint density at radius 2 is 1.33 bits per heavy atom. The molecule has 3 aromatic carbocycles. The molecule has 3 heterocycles. The van der Waals surface area contributed by atoms with Gasteiger partial charge in [0.2, 0.25) is 41.4 Å². The first-order valence-corrected chi connectivity index (χ1v) is 24.2. The van der Waals surface area contributed by atoms with E-state index in [1.165, 1.54) is 25.1 Å². The molecule has 13 atom stereocenters. The molecule has 14 N–H and O–H groups in total. The van der Waals surface area contributed by atoms with Gasteiger partial charge in [-0.2, -0.15) is 0 Å². The third-order valence-corrected chi connectivity index (χ3v) is 13.1. The second kappa shape index (κ2) is 25.7. The Morgan fingerprint density at radius 3 is 1.96 bits per heavy atom. The Balaban J connectivity index is 1.36. The van der Waals surface area contributed by atoms with Crippen LogP contribution in [-0.2, 0) is 57.9 Å². The van der Waals surface area contributed by atoms with Crippen LogP contribution in [0.1, 0.15) is 49.8 Å². The lowest BCUT2D eigenvalue weighted by Crippen LogP contribution is -2.64. The third kappa shape index (κ3) is 14.9. The second-order valence-corrected chi connectivity index (χ2v) is 19.0. The summed E-state index contributed by atoms with van der Waals surface area (Å²) in [6.07, 6.45) is -14.3. The Bertz CT molecular complexity index is 2520. The van der Waals surface area contributed by atoms with Crippen LogP contribution in [0.25, 0.3) is 0 Å². The van der Waals surface area contributed by atoms with Gasteiger partial charge in [-0.3, -0.25) is 33.6 Å². The van der Waals surface area contributed by atoms with E-state index in [2.05, 4.69) is 26.6 Å². The first kappa shape index (κ1) is 56.9. The Labute approximate surface area is 430 Å². The van der Waals surface area contributed by atoms with Gasteiger partial charge in [0.05, 0.1) is 43.0 Å². The van der Waals surface area contributed by atoms with Crippen molar-refractivity contribution in [3.8, 4) is 11.5 Å². The number of carbonyl (C=O) groups is 8. The second-order valence-electron chi connectivity index (χ2n) is 19.0. The summed E-state index contributed by atoms with van der Waals surface area (Å²) in [5.41, 5.74) is 6.93. The number of nitrogens with one attached hydrogen (secondary N) is 5. The van der Waals surface area contributed by atoms with E-state index in [1.807, 2.05) is 6.07 Å². The molecule has 3 fully saturated rings. The number of hydrogen-bond donors (Lipinski definition) is 13. The number of aromatic hydroxyl groups is 1. The molecular formula is C50H64N8O17. The first-order valence-electron chi connectivity index (χ1n) is 24.2. The van der Waals surface area contributed by atoms with Crippen LogP contribution in [0.5, 0.6) is 11.5 Å². The van der Waals surface area contributed by atoms with E-state index in [4.69, 9.17) is 15.2 Å². The molecule has 25 nitrogen and oxygen atoms in total. The lowest BCUT2D eigenvalue weighted by molar-refractivity contribution is -0.147. The van der Waals surface area contributed by atoms with Crippen LogP contribution in [0.4, 0.5) is 4.79 Å². The molecule has 1 unspecified atom stereocenters. The predicted octanol–water partition coefficient (Wildman–Crippen LogP) is -3.71. The average molecular weight is 1050 g/mol. The third-order valence-electron chi connectivity index (χ3n) is 13.1. The molecule has 75 heavy (non-hydrogen) atoms. The normalized spacial score (nSPS) is 27.5. The smallest absolute Gasteiger partial charge is 0.408 e. The van der Waals surface area contributed by atoms with Crippen LogP contribution in [0.15, 0.2) is 78.9 Å². The molecule has 3 saturated heterocycles. The fourth-order valence-electron chi connectivity index (χ4n) is 9.06. The standard InChI is InChI=1S/C50H64N8O17/c1-25-21-58-42(43(25)66)47(70)52-20-30(60)17-32(53-50(73)75-24-28-11-7-4-8-12-28)44(67)54-39(26(2)59)48(71)57-22-31(61)18-33(57)45(68)55-40(46(69)56-41(49(58)72)36(64)19-38(51)65)35(63)16-29-13-14-37(34(62)15-29)74-23-27-9-5-3-6-10-27/h3-15,25-26,30-33,35-36,39-43,59-64,66H,16-24H2,1-2H3,(H2,51,65)(H,52,70)(H,53,73)(H,54,67)(H,55,68)(H,56,69)/t25-,26+,30+,31+,32?,33-,35+,36+,39-,40-,41-,42-,43-/m0/s1. The van der Waals surface area contributed by atoms with E-state index in [0.717, 1.165) is 22.3 Å². The number of alkyl carbamates (subject to hydrolysis) is 1. The van der Waals surface area contributed by atoms with Crippen molar-refractivity contribution in [2.75, 3.05) is 19.6 Å². The topological polar surface area (TPSA) is 389 Å². The summed E-state index contributed by atoms with van der Waals surface area (Å²) in [4.78, 5) is 113. The number of carbonyl (C=O) groups excluding carboxylic acids is 8. The molecule has 3 aliphatic rings. The zero-order chi connectivity index (χ0) is 54.7. The average Bonchev–Trinajstić information content (AvgIpc) is 3.92. The summed E-state index contributed by atoms with van der Waals surface area (Å²) in [6.45, 7) is 0.808. The quantitative estimate of drug-likeness (QED) is 0.0783. The molecule has 3 aromatic rings. The van der Waals surface area contributed by atoms with Crippen molar-refractivity contribution >= 4 is 47.4 Å². The molecule has 8 amide bonds. The minimum absolute atomic E-state index is 0.0555. The zero-order valence-electron chi connectivity index (χ0n) is 41.1. The number of amides is 8. The number of rotatable bonds is 13. The highest BCUT2D eigenvalue weighted by atomic mass is 16.5. The number of fused-ring (bicyclic) bond motifs is 2. The van der Waals surface area contributed by atoms with Crippen molar-refractivity contribution < 1.29 is 83.6 Å². The van der Waals surface area contributed by atoms with Crippen LogP contribution >= 0.6 is 0 Å². The highest BCUT2D eigenvalue weighted by Gasteiger charge is 2.50.